The monoisotopic (exact) mass is 256 g/mol. The number of nitrogens with one attached hydrogen (secondary N) is 1. The van der Waals surface area contributed by atoms with E-state index in [-0.39, 0.29) is 0 Å². The van der Waals surface area contributed by atoms with Gasteiger partial charge in [0.1, 0.15) is 6.07 Å². The van der Waals surface area contributed by atoms with E-state index < -0.39 is 0 Å². The molecule has 0 spiro atoms. The quantitative estimate of drug-likeness (QED) is 0.903. The van der Waals surface area contributed by atoms with E-state index in [0.29, 0.717) is 6.04 Å². The summed E-state index contributed by atoms with van der Waals surface area (Å²) in [4.78, 5) is 1.20. The van der Waals surface area contributed by atoms with Gasteiger partial charge in [-0.15, -0.1) is 11.3 Å². The molecule has 1 heterocycles. The molecular formula is C15H16N2S. The molecule has 1 aromatic carbocycles. The maximum Gasteiger partial charge on any atom is 0.100 e. The molecule has 1 N–H and O–H groups in total. The van der Waals surface area contributed by atoms with Gasteiger partial charge in [0.25, 0.3) is 0 Å². The van der Waals surface area contributed by atoms with Crippen LogP contribution < -0.4 is 5.32 Å². The molecule has 18 heavy (non-hydrogen) atoms. The summed E-state index contributed by atoms with van der Waals surface area (Å²) in [5.41, 5.74) is 3.32. The lowest BCUT2D eigenvalue weighted by molar-refractivity contribution is 0.579. The molecule has 1 atom stereocenters. The average molecular weight is 256 g/mol. The second-order valence-electron chi connectivity index (χ2n) is 4.43. The van der Waals surface area contributed by atoms with Crippen molar-refractivity contribution in [2.75, 3.05) is 0 Å². The third-order valence-electron chi connectivity index (χ3n) is 2.94. The Morgan fingerprint density at radius 2 is 2.06 bits per heavy atom. The SMILES string of the molecule is Cc1ccc([C@@H](C)NCc2cc(C#N)cs2)cc1. The maximum absolute atomic E-state index is 8.77. The molecule has 0 aliphatic heterocycles. The van der Waals surface area contributed by atoms with Crippen molar-refractivity contribution in [3.8, 4) is 6.07 Å². The van der Waals surface area contributed by atoms with Crippen LogP contribution >= 0.6 is 11.3 Å². The van der Waals surface area contributed by atoms with Crippen LogP contribution in [0.1, 0.15) is 34.5 Å². The van der Waals surface area contributed by atoms with Crippen LogP contribution in [0.25, 0.3) is 0 Å². The molecule has 0 aliphatic rings. The summed E-state index contributed by atoms with van der Waals surface area (Å²) < 4.78 is 0. The van der Waals surface area contributed by atoms with Crippen molar-refractivity contribution in [1.29, 1.82) is 5.26 Å². The fourth-order valence-corrected chi connectivity index (χ4v) is 2.52. The highest BCUT2D eigenvalue weighted by molar-refractivity contribution is 7.10. The summed E-state index contributed by atoms with van der Waals surface area (Å²) >= 11 is 1.63. The van der Waals surface area contributed by atoms with Crippen molar-refractivity contribution in [3.05, 3.63) is 57.3 Å². The zero-order chi connectivity index (χ0) is 13.0. The van der Waals surface area contributed by atoms with Crippen molar-refractivity contribution in [1.82, 2.24) is 5.32 Å². The van der Waals surface area contributed by atoms with Crippen LogP contribution in [0, 0.1) is 18.3 Å². The third-order valence-corrected chi connectivity index (χ3v) is 3.88. The number of thiophene rings is 1. The molecule has 2 rings (SSSR count). The Labute approximate surface area is 112 Å². The van der Waals surface area contributed by atoms with E-state index in [2.05, 4.69) is 49.5 Å². The minimum atomic E-state index is 0.318. The predicted octanol–water partition coefficient (Wildman–Crippen LogP) is 3.78. The Hall–Kier alpha value is -1.63. The molecule has 0 bridgehead atoms. The van der Waals surface area contributed by atoms with Crippen molar-refractivity contribution in [2.45, 2.75) is 26.4 Å². The number of aryl methyl sites for hydroxylation is 1. The van der Waals surface area contributed by atoms with Crippen LogP contribution in [0.2, 0.25) is 0 Å². The second kappa shape index (κ2) is 5.81. The molecule has 2 nitrogen and oxygen atoms in total. The van der Waals surface area contributed by atoms with Gasteiger partial charge in [0, 0.05) is 22.8 Å². The van der Waals surface area contributed by atoms with Gasteiger partial charge >= 0.3 is 0 Å². The van der Waals surface area contributed by atoms with E-state index in [1.807, 2.05) is 11.4 Å². The zero-order valence-electron chi connectivity index (χ0n) is 10.6. The Bertz CT molecular complexity index is 549. The molecule has 3 heteroatoms. The van der Waals surface area contributed by atoms with Gasteiger partial charge in [-0.1, -0.05) is 29.8 Å². The highest BCUT2D eigenvalue weighted by atomic mass is 32.1. The molecule has 0 saturated carbocycles. The van der Waals surface area contributed by atoms with Gasteiger partial charge in [0.15, 0.2) is 0 Å². The van der Waals surface area contributed by atoms with E-state index in [1.54, 1.807) is 11.3 Å². The molecule has 0 radical (unpaired) electrons. The van der Waals surface area contributed by atoms with Crippen molar-refractivity contribution >= 4 is 11.3 Å². The minimum absolute atomic E-state index is 0.318. The predicted molar refractivity (Wildman–Crippen MR) is 75.5 cm³/mol. The minimum Gasteiger partial charge on any atom is -0.305 e. The summed E-state index contributed by atoms with van der Waals surface area (Å²) in [6, 6.07) is 13.0. The summed E-state index contributed by atoms with van der Waals surface area (Å²) in [5.74, 6) is 0. The van der Waals surface area contributed by atoms with Gasteiger partial charge in [-0.2, -0.15) is 5.26 Å². The molecule has 0 amide bonds. The maximum atomic E-state index is 8.77. The van der Waals surface area contributed by atoms with E-state index in [4.69, 9.17) is 5.26 Å². The van der Waals surface area contributed by atoms with Crippen LogP contribution in [0.3, 0.4) is 0 Å². The highest BCUT2D eigenvalue weighted by Crippen LogP contribution is 2.17. The average Bonchev–Trinajstić information content (AvgIpc) is 2.85. The fraction of sp³-hybridized carbons (Fsp3) is 0.267. The van der Waals surface area contributed by atoms with Gasteiger partial charge in [0.05, 0.1) is 5.56 Å². The molecule has 0 unspecified atom stereocenters. The molecule has 0 saturated heterocycles. The first kappa shape index (κ1) is 12.8. The lowest BCUT2D eigenvalue weighted by atomic mass is 10.1. The molecule has 2 aromatic rings. The first-order chi connectivity index (χ1) is 8.69. The zero-order valence-corrected chi connectivity index (χ0v) is 11.4. The normalized spacial score (nSPS) is 12.1. The van der Waals surface area contributed by atoms with Crippen molar-refractivity contribution in [2.24, 2.45) is 0 Å². The van der Waals surface area contributed by atoms with Crippen LogP contribution in [-0.2, 0) is 6.54 Å². The summed E-state index contributed by atoms with van der Waals surface area (Å²) in [5, 5.41) is 14.1. The van der Waals surface area contributed by atoms with Crippen LogP contribution in [0.4, 0.5) is 0 Å². The highest BCUT2D eigenvalue weighted by Gasteiger charge is 2.05. The summed E-state index contributed by atoms with van der Waals surface area (Å²) in [6.07, 6.45) is 0. The Balaban J connectivity index is 1.94. The lowest BCUT2D eigenvalue weighted by Gasteiger charge is -2.13. The number of nitriles is 1. The Morgan fingerprint density at radius 3 is 2.67 bits per heavy atom. The van der Waals surface area contributed by atoms with E-state index in [0.717, 1.165) is 12.1 Å². The largest absolute Gasteiger partial charge is 0.305 e. The van der Waals surface area contributed by atoms with Crippen molar-refractivity contribution in [3.63, 3.8) is 0 Å². The molecule has 92 valence electrons. The van der Waals surface area contributed by atoms with Crippen molar-refractivity contribution < 1.29 is 0 Å². The molecule has 0 aliphatic carbocycles. The Kier molecular flexibility index (Phi) is 4.14. The number of rotatable bonds is 4. The lowest BCUT2D eigenvalue weighted by Crippen LogP contribution is -2.17. The number of hydrogen-bond donors (Lipinski definition) is 1. The van der Waals surface area contributed by atoms with E-state index in [9.17, 15) is 0 Å². The molecule has 0 fully saturated rings. The van der Waals surface area contributed by atoms with Crippen LogP contribution in [0.5, 0.6) is 0 Å². The van der Waals surface area contributed by atoms with Gasteiger partial charge in [-0.05, 0) is 25.5 Å². The second-order valence-corrected chi connectivity index (χ2v) is 5.42. The summed E-state index contributed by atoms with van der Waals surface area (Å²) in [6.45, 7) is 5.06. The fourth-order valence-electron chi connectivity index (χ4n) is 1.76. The van der Waals surface area contributed by atoms with Crippen LogP contribution in [0.15, 0.2) is 35.7 Å². The molecular weight excluding hydrogens is 240 g/mol. The number of hydrogen-bond acceptors (Lipinski definition) is 3. The molecule has 1 aromatic heterocycles. The van der Waals surface area contributed by atoms with E-state index in [1.165, 1.54) is 16.0 Å². The van der Waals surface area contributed by atoms with Gasteiger partial charge in [0.2, 0.25) is 0 Å². The standard InChI is InChI=1S/C15H16N2S/c1-11-3-5-14(6-4-11)12(2)17-9-15-7-13(8-16)10-18-15/h3-7,10,12,17H,9H2,1-2H3/t12-/m1/s1. The van der Waals surface area contributed by atoms with Gasteiger partial charge < -0.3 is 5.32 Å². The first-order valence-electron chi connectivity index (χ1n) is 5.96. The van der Waals surface area contributed by atoms with Gasteiger partial charge in [-0.25, -0.2) is 0 Å². The van der Waals surface area contributed by atoms with Crippen LogP contribution in [-0.4, -0.2) is 0 Å². The topological polar surface area (TPSA) is 35.8 Å². The van der Waals surface area contributed by atoms with Gasteiger partial charge in [-0.3, -0.25) is 0 Å². The van der Waals surface area contributed by atoms with E-state index >= 15 is 0 Å². The third kappa shape index (κ3) is 3.19. The number of nitrogens with zero attached hydrogens (tertiary/aromatic N) is 1. The Morgan fingerprint density at radius 1 is 1.33 bits per heavy atom. The number of benzene rings is 1. The summed E-state index contributed by atoms with van der Waals surface area (Å²) in [7, 11) is 0. The smallest absolute Gasteiger partial charge is 0.100 e. The first-order valence-corrected chi connectivity index (χ1v) is 6.84.